The molecule has 0 aliphatic carbocycles. The Morgan fingerprint density at radius 2 is 1.31 bits per heavy atom. The zero-order chi connectivity index (χ0) is 49.6. The second-order valence-electron chi connectivity index (χ2n) is 19.0. The standard InChI is InChI=1S/C55H78N4O9/c1-6-7-8-9-10-11-12-13-14-15-16-17-21-24-51(65)58(4)46(37-60)55(68)57-45(28-25-40-22-19-18-20-23-40)49(63)31-32-52(66)59(5)53-42-27-30-48(62)44(36-42)43-35-41(26-29-47(43)61)34-39(3)56-54(67)38(2)33-50(53)64/h18-20,22-23,26-27,29-30,35-36,38-39,45-46,53,60-62H,6-17,21,24-25,28,31-34,37H2,1-5H3,(H,56,67)(H,57,68)/t38-,39-,45-,46-,53+/m1/s1. The van der Waals surface area contributed by atoms with Gasteiger partial charge in [0.25, 0.3) is 0 Å². The minimum absolute atomic E-state index is 0.105. The lowest BCUT2D eigenvalue weighted by atomic mass is 9.90. The molecule has 3 aromatic rings. The van der Waals surface area contributed by atoms with Gasteiger partial charge in [0.2, 0.25) is 23.6 Å². The molecule has 0 spiro atoms. The summed E-state index contributed by atoms with van der Waals surface area (Å²) in [6, 6.07) is 15.1. The fourth-order valence-corrected chi connectivity index (χ4v) is 9.07. The van der Waals surface area contributed by atoms with Crippen LogP contribution in [0.5, 0.6) is 11.5 Å². The van der Waals surface area contributed by atoms with Gasteiger partial charge in [0.05, 0.1) is 12.6 Å². The number of carbonyl (C=O) groups is 6. The summed E-state index contributed by atoms with van der Waals surface area (Å²) >= 11 is 0. The van der Waals surface area contributed by atoms with E-state index in [4.69, 9.17) is 0 Å². The van der Waals surface area contributed by atoms with Crippen LogP contribution in [0.25, 0.3) is 11.1 Å². The van der Waals surface area contributed by atoms with Crippen LogP contribution in [-0.2, 0) is 41.6 Å². The minimum atomic E-state index is -1.22. The lowest BCUT2D eigenvalue weighted by Crippen LogP contribution is -2.53. The number of nitrogens with zero attached hydrogens (tertiary/aromatic N) is 2. The van der Waals surface area contributed by atoms with E-state index >= 15 is 0 Å². The predicted octanol–water partition coefficient (Wildman–Crippen LogP) is 8.69. The van der Waals surface area contributed by atoms with Gasteiger partial charge in [-0.2, -0.15) is 0 Å². The maximum absolute atomic E-state index is 14.2. The number of unbranched alkanes of at least 4 members (excludes halogenated alkanes) is 12. The van der Waals surface area contributed by atoms with Crippen LogP contribution in [-0.4, -0.2) is 99.1 Å². The maximum Gasteiger partial charge on any atom is 0.245 e. The smallest absolute Gasteiger partial charge is 0.245 e. The van der Waals surface area contributed by atoms with E-state index in [-0.39, 0.29) is 67.0 Å². The van der Waals surface area contributed by atoms with Crippen LogP contribution in [0.2, 0.25) is 0 Å². The molecule has 4 amide bonds. The van der Waals surface area contributed by atoms with Gasteiger partial charge in [-0.3, -0.25) is 28.8 Å². The van der Waals surface area contributed by atoms with Crippen molar-refractivity contribution < 1.29 is 44.1 Å². The number of hydrogen-bond donors (Lipinski definition) is 5. The SMILES string of the molecule is CCCCCCCCCCCCCCCC(=O)N(C)[C@H](CO)C(=O)N[C@H](CCc1ccccc1)C(=O)CCC(=O)N(C)[C@@H]1C(=O)C[C@@H](C)C(=O)N[C@H](C)Cc2ccc(O)c(c2)-c2cc1ccc2O. The van der Waals surface area contributed by atoms with Crippen molar-refractivity contribution in [3.05, 3.63) is 83.4 Å². The van der Waals surface area contributed by atoms with E-state index < -0.39 is 54.0 Å². The first kappa shape index (κ1) is 55.0. The molecular formula is C55H78N4O9. The molecule has 0 saturated carbocycles. The number of aryl methyl sites for hydroxylation is 1. The number of aromatic hydroxyl groups is 2. The first-order chi connectivity index (χ1) is 32.6. The number of aliphatic hydroxyl groups is 1. The number of benzene rings is 3. The second-order valence-corrected chi connectivity index (χ2v) is 19.0. The number of phenolic OH excluding ortho intramolecular Hbond substituents is 2. The van der Waals surface area contributed by atoms with Crippen LogP contribution in [0.1, 0.15) is 159 Å². The molecule has 4 bridgehead atoms. The highest BCUT2D eigenvalue weighted by atomic mass is 16.3. The highest BCUT2D eigenvalue weighted by Crippen LogP contribution is 2.39. The molecule has 0 radical (unpaired) electrons. The van der Waals surface area contributed by atoms with Crippen molar-refractivity contribution in [2.45, 2.75) is 173 Å². The largest absolute Gasteiger partial charge is 0.507 e. The van der Waals surface area contributed by atoms with Gasteiger partial charge in [-0.15, -0.1) is 0 Å². The van der Waals surface area contributed by atoms with Crippen molar-refractivity contribution in [2.24, 2.45) is 5.92 Å². The molecule has 0 fully saturated rings. The van der Waals surface area contributed by atoms with E-state index in [0.717, 1.165) is 30.4 Å². The van der Waals surface area contributed by atoms with Crippen molar-refractivity contribution in [1.29, 1.82) is 0 Å². The number of phenols is 2. The van der Waals surface area contributed by atoms with Crippen LogP contribution in [0.3, 0.4) is 0 Å². The first-order valence-electron chi connectivity index (χ1n) is 25.1. The Morgan fingerprint density at radius 1 is 0.721 bits per heavy atom. The molecule has 0 unspecified atom stereocenters. The number of nitrogens with one attached hydrogen (secondary N) is 2. The van der Waals surface area contributed by atoms with Crippen molar-refractivity contribution >= 4 is 35.2 Å². The number of hydrogen-bond acceptors (Lipinski definition) is 9. The normalized spacial score (nSPS) is 17.1. The van der Waals surface area contributed by atoms with E-state index in [2.05, 4.69) is 17.6 Å². The number of ketones is 2. The third kappa shape index (κ3) is 17.2. The number of carbonyl (C=O) groups excluding carboxylic acids is 6. The molecule has 0 saturated heterocycles. The molecule has 1 heterocycles. The summed E-state index contributed by atoms with van der Waals surface area (Å²) in [5.41, 5.74) is 2.63. The van der Waals surface area contributed by atoms with E-state index in [9.17, 15) is 44.1 Å². The van der Waals surface area contributed by atoms with Crippen LogP contribution in [0.15, 0.2) is 66.7 Å². The number of rotatable bonds is 26. The van der Waals surface area contributed by atoms with E-state index in [1.165, 1.54) is 99.9 Å². The van der Waals surface area contributed by atoms with Crippen LogP contribution < -0.4 is 10.6 Å². The van der Waals surface area contributed by atoms with E-state index in [1.807, 2.05) is 37.3 Å². The number of amides is 4. The second kappa shape index (κ2) is 28.7. The average Bonchev–Trinajstić information content (AvgIpc) is 3.32. The summed E-state index contributed by atoms with van der Waals surface area (Å²) in [7, 11) is 2.93. The van der Waals surface area contributed by atoms with E-state index in [0.29, 0.717) is 30.4 Å². The van der Waals surface area contributed by atoms with Crippen molar-refractivity contribution in [3.63, 3.8) is 0 Å². The van der Waals surface area contributed by atoms with E-state index in [1.54, 1.807) is 25.1 Å². The average molecular weight is 939 g/mol. The highest BCUT2D eigenvalue weighted by molar-refractivity contribution is 5.96. The van der Waals surface area contributed by atoms with Gasteiger partial charge in [-0.1, -0.05) is 133 Å². The Morgan fingerprint density at radius 3 is 1.93 bits per heavy atom. The van der Waals surface area contributed by atoms with Gasteiger partial charge in [0.15, 0.2) is 11.6 Å². The highest BCUT2D eigenvalue weighted by Gasteiger charge is 2.34. The molecule has 0 aromatic heterocycles. The zero-order valence-corrected chi connectivity index (χ0v) is 41.3. The number of aliphatic hydroxyl groups excluding tert-OH is 1. The van der Waals surface area contributed by atoms with Gasteiger partial charge < -0.3 is 35.8 Å². The molecule has 372 valence electrons. The van der Waals surface area contributed by atoms with Crippen LogP contribution in [0.4, 0.5) is 0 Å². The summed E-state index contributed by atoms with van der Waals surface area (Å²) in [4.78, 5) is 85.1. The number of fused-ring (bicyclic) bond motifs is 5. The Balaban J connectivity index is 1.42. The Labute approximate surface area is 404 Å². The van der Waals surface area contributed by atoms with Gasteiger partial charge in [0, 0.05) is 62.9 Å². The van der Waals surface area contributed by atoms with Crippen molar-refractivity contribution in [1.82, 2.24) is 20.4 Å². The lowest BCUT2D eigenvalue weighted by molar-refractivity contribution is -0.142. The van der Waals surface area contributed by atoms with Gasteiger partial charge in [-0.25, -0.2) is 0 Å². The van der Waals surface area contributed by atoms with Gasteiger partial charge >= 0.3 is 0 Å². The molecule has 4 rings (SSSR count). The van der Waals surface area contributed by atoms with Crippen LogP contribution in [0, 0.1) is 5.92 Å². The molecule has 13 nitrogen and oxygen atoms in total. The molecular weight excluding hydrogens is 861 g/mol. The Hall–Kier alpha value is -5.56. The van der Waals surface area contributed by atoms with Gasteiger partial charge in [0.1, 0.15) is 23.6 Å². The Kier molecular flexibility index (Phi) is 23.2. The maximum atomic E-state index is 14.2. The van der Waals surface area contributed by atoms with Crippen molar-refractivity contribution in [2.75, 3.05) is 20.7 Å². The minimum Gasteiger partial charge on any atom is -0.507 e. The monoisotopic (exact) mass is 939 g/mol. The summed E-state index contributed by atoms with van der Waals surface area (Å²) < 4.78 is 0. The predicted molar refractivity (Wildman–Crippen MR) is 266 cm³/mol. The molecule has 13 heteroatoms. The molecule has 5 atom stereocenters. The molecule has 1 aliphatic heterocycles. The molecule has 3 aromatic carbocycles. The van der Waals surface area contributed by atoms with Gasteiger partial charge in [-0.05, 0) is 73.6 Å². The summed E-state index contributed by atoms with van der Waals surface area (Å²) in [5, 5.41) is 38.0. The number of Topliss-reactive ketones (excluding diaryl/α,β-unsaturated/α-hetero) is 2. The number of likely N-dealkylation sites (N-methyl/N-ethyl adjacent to an activating group) is 2. The Bertz CT molecular complexity index is 2110. The van der Waals surface area contributed by atoms with Crippen LogP contribution >= 0.6 is 0 Å². The third-order valence-electron chi connectivity index (χ3n) is 13.3. The first-order valence-corrected chi connectivity index (χ1v) is 25.1. The fraction of sp³-hybridized carbons (Fsp3) is 0.564. The summed E-state index contributed by atoms with van der Waals surface area (Å²) in [6.07, 6.45) is 15.8. The molecule has 5 N–H and O–H groups in total. The zero-order valence-electron chi connectivity index (χ0n) is 41.3. The third-order valence-corrected chi connectivity index (χ3v) is 13.3. The molecule has 68 heavy (non-hydrogen) atoms. The summed E-state index contributed by atoms with van der Waals surface area (Å²) in [5.74, 6) is -3.70. The topological polar surface area (TPSA) is 194 Å². The van der Waals surface area contributed by atoms with Crippen molar-refractivity contribution in [3.8, 4) is 22.6 Å². The fourth-order valence-electron chi connectivity index (χ4n) is 9.07. The quantitative estimate of drug-likeness (QED) is 0.0490. The summed E-state index contributed by atoms with van der Waals surface area (Å²) in [6.45, 7) is 5.07. The lowest BCUT2D eigenvalue weighted by Gasteiger charge is -2.30. The molecule has 1 aliphatic rings.